The fourth-order valence-corrected chi connectivity index (χ4v) is 2.42. The molecule has 2 atom stereocenters. The van der Waals surface area contributed by atoms with Crippen molar-refractivity contribution >= 4 is 0 Å². The molecule has 0 saturated carbocycles. The zero-order valence-electron chi connectivity index (χ0n) is 11.6. The molecule has 2 N–H and O–H groups in total. The number of nitrogens with two attached hydrogens (primary N) is 1. The predicted molar refractivity (Wildman–Crippen MR) is 74.6 cm³/mol. The van der Waals surface area contributed by atoms with E-state index in [2.05, 4.69) is 36.9 Å². The topological polar surface area (TPSA) is 38.5 Å². The first-order chi connectivity index (χ1) is 8.58. The Morgan fingerprint density at radius 3 is 2.94 bits per heavy atom. The minimum Gasteiger partial charge on any atom is -0.374 e. The Morgan fingerprint density at radius 2 is 2.22 bits per heavy atom. The molecule has 1 fully saturated rings. The standard InChI is InChI=1S/C15H24N2O/c1-11-5-4-6-14(12(11)2)9-17-7-8-18-15(10-17)13(3)16/h4-6,13,15H,7-10,16H2,1-3H3. The van der Waals surface area contributed by atoms with E-state index in [1.54, 1.807) is 0 Å². The first-order valence-electron chi connectivity index (χ1n) is 6.72. The Hall–Kier alpha value is -0.900. The lowest BCUT2D eigenvalue weighted by atomic mass is 10.0. The highest BCUT2D eigenvalue weighted by atomic mass is 16.5. The smallest absolute Gasteiger partial charge is 0.0850 e. The van der Waals surface area contributed by atoms with Crippen LogP contribution in [0.15, 0.2) is 18.2 Å². The van der Waals surface area contributed by atoms with E-state index in [0.29, 0.717) is 0 Å². The van der Waals surface area contributed by atoms with E-state index in [-0.39, 0.29) is 12.1 Å². The summed E-state index contributed by atoms with van der Waals surface area (Å²) < 4.78 is 5.69. The number of benzene rings is 1. The zero-order valence-corrected chi connectivity index (χ0v) is 11.6. The van der Waals surface area contributed by atoms with Crippen LogP contribution in [-0.2, 0) is 11.3 Å². The summed E-state index contributed by atoms with van der Waals surface area (Å²) in [6.45, 7) is 10.1. The molecule has 0 aromatic heterocycles. The zero-order chi connectivity index (χ0) is 13.1. The molecule has 18 heavy (non-hydrogen) atoms. The van der Waals surface area contributed by atoms with Crippen LogP contribution in [-0.4, -0.2) is 36.7 Å². The van der Waals surface area contributed by atoms with E-state index in [1.165, 1.54) is 16.7 Å². The van der Waals surface area contributed by atoms with Crippen LogP contribution in [0.1, 0.15) is 23.6 Å². The van der Waals surface area contributed by atoms with Gasteiger partial charge in [-0.2, -0.15) is 0 Å². The average Bonchev–Trinajstić information content (AvgIpc) is 2.35. The molecule has 1 heterocycles. The largest absolute Gasteiger partial charge is 0.374 e. The van der Waals surface area contributed by atoms with Crippen molar-refractivity contribution in [2.24, 2.45) is 5.73 Å². The van der Waals surface area contributed by atoms with Crippen LogP contribution >= 0.6 is 0 Å². The Kier molecular flexibility index (Phi) is 4.38. The molecule has 1 aliphatic rings. The summed E-state index contributed by atoms with van der Waals surface area (Å²) in [6, 6.07) is 6.63. The van der Waals surface area contributed by atoms with E-state index >= 15 is 0 Å². The normalized spacial score (nSPS) is 23.0. The number of ether oxygens (including phenoxy) is 1. The second-order valence-corrected chi connectivity index (χ2v) is 5.36. The molecule has 0 bridgehead atoms. The number of rotatable bonds is 3. The van der Waals surface area contributed by atoms with Crippen molar-refractivity contribution in [3.05, 3.63) is 34.9 Å². The van der Waals surface area contributed by atoms with Gasteiger partial charge in [-0.15, -0.1) is 0 Å². The predicted octanol–water partition coefficient (Wildman–Crippen LogP) is 1.85. The van der Waals surface area contributed by atoms with E-state index in [0.717, 1.165) is 26.2 Å². The van der Waals surface area contributed by atoms with Crippen molar-refractivity contribution in [2.45, 2.75) is 39.5 Å². The van der Waals surface area contributed by atoms with Gasteiger partial charge in [-0.3, -0.25) is 4.90 Å². The van der Waals surface area contributed by atoms with Crippen molar-refractivity contribution < 1.29 is 4.74 Å². The summed E-state index contributed by atoms with van der Waals surface area (Å²) in [5, 5.41) is 0. The summed E-state index contributed by atoms with van der Waals surface area (Å²) in [4.78, 5) is 2.44. The molecule has 100 valence electrons. The molecule has 1 aromatic rings. The number of aryl methyl sites for hydroxylation is 1. The molecule has 1 aliphatic heterocycles. The minimum absolute atomic E-state index is 0.103. The molecule has 2 unspecified atom stereocenters. The van der Waals surface area contributed by atoms with Crippen LogP contribution in [0.2, 0.25) is 0 Å². The fraction of sp³-hybridized carbons (Fsp3) is 0.600. The van der Waals surface area contributed by atoms with E-state index in [1.807, 2.05) is 6.92 Å². The lowest BCUT2D eigenvalue weighted by Gasteiger charge is -2.35. The number of hydrogen-bond donors (Lipinski definition) is 1. The van der Waals surface area contributed by atoms with Crippen LogP contribution in [0.3, 0.4) is 0 Å². The van der Waals surface area contributed by atoms with E-state index in [4.69, 9.17) is 10.5 Å². The quantitative estimate of drug-likeness (QED) is 0.887. The van der Waals surface area contributed by atoms with Gasteiger partial charge in [-0.1, -0.05) is 18.2 Å². The maximum atomic E-state index is 5.93. The highest BCUT2D eigenvalue weighted by Gasteiger charge is 2.23. The number of morpholine rings is 1. The molecule has 0 radical (unpaired) electrons. The molecule has 2 rings (SSSR count). The molecular formula is C15H24N2O. The van der Waals surface area contributed by atoms with E-state index in [9.17, 15) is 0 Å². The third kappa shape index (κ3) is 3.10. The minimum atomic E-state index is 0.103. The molecule has 0 aliphatic carbocycles. The van der Waals surface area contributed by atoms with Crippen LogP contribution in [0.4, 0.5) is 0 Å². The Morgan fingerprint density at radius 1 is 1.44 bits per heavy atom. The summed E-state index contributed by atoms with van der Waals surface area (Å²) in [5.74, 6) is 0. The number of hydrogen-bond acceptors (Lipinski definition) is 3. The summed E-state index contributed by atoms with van der Waals surface area (Å²) in [5.41, 5.74) is 10.1. The SMILES string of the molecule is Cc1cccc(CN2CCOC(C(C)N)C2)c1C. The molecular weight excluding hydrogens is 224 g/mol. The summed E-state index contributed by atoms with van der Waals surface area (Å²) in [7, 11) is 0. The first kappa shape index (κ1) is 13.5. The highest BCUT2D eigenvalue weighted by molar-refractivity contribution is 5.33. The van der Waals surface area contributed by atoms with E-state index < -0.39 is 0 Å². The Bertz CT molecular complexity index is 403. The van der Waals surface area contributed by atoms with Gasteiger partial charge in [0.2, 0.25) is 0 Å². The fourth-order valence-electron chi connectivity index (χ4n) is 2.42. The molecule has 0 spiro atoms. The van der Waals surface area contributed by atoms with Gasteiger partial charge in [0.1, 0.15) is 0 Å². The molecule has 3 nitrogen and oxygen atoms in total. The van der Waals surface area contributed by atoms with Crippen molar-refractivity contribution in [3.8, 4) is 0 Å². The van der Waals surface area contributed by atoms with Crippen molar-refractivity contribution in [3.63, 3.8) is 0 Å². The van der Waals surface area contributed by atoms with Gasteiger partial charge in [0.05, 0.1) is 12.7 Å². The van der Waals surface area contributed by atoms with Crippen LogP contribution in [0, 0.1) is 13.8 Å². The molecule has 0 amide bonds. The van der Waals surface area contributed by atoms with Crippen molar-refractivity contribution in [1.29, 1.82) is 0 Å². The third-order valence-corrected chi connectivity index (χ3v) is 3.87. The highest BCUT2D eigenvalue weighted by Crippen LogP contribution is 2.17. The first-order valence-corrected chi connectivity index (χ1v) is 6.72. The lowest BCUT2D eigenvalue weighted by molar-refractivity contribution is -0.0404. The second-order valence-electron chi connectivity index (χ2n) is 5.36. The van der Waals surface area contributed by atoms with Crippen LogP contribution in [0.25, 0.3) is 0 Å². The van der Waals surface area contributed by atoms with Gasteiger partial charge in [-0.05, 0) is 37.5 Å². The summed E-state index contributed by atoms with van der Waals surface area (Å²) in [6.07, 6.45) is 0.170. The van der Waals surface area contributed by atoms with Gasteiger partial charge in [0.25, 0.3) is 0 Å². The van der Waals surface area contributed by atoms with Crippen LogP contribution < -0.4 is 5.73 Å². The van der Waals surface area contributed by atoms with Gasteiger partial charge >= 0.3 is 0 Å². The van der Waals surface area contributed by atoms with Gasteiger partial charge in [0, 0.05) is 25.7 Å². The number of nitrogens with zero attached hydrogens (tertiary/aromatic N) is 1. The van der Waals surface area contributed by atoms with Gasteiger partial charge in [-0.25, -0.2) is 0 Å². The Balaban J connectivity index is 2.03. The Labute approximate surface area is 110 Å². The molecule has 1 aromatic carbocycles. The molecule has 1 saturated heterocycles. The second kappa shape index (κ2) is 5.83. The lowest BCUT2D eigenvalue weighted by Crippen LogP contribution is -2.49. The van der Waals surface area contributed by atoms with Crippen molar-refractivity contribution in [2.75, 3.05) is 19.7 Å². The third-order valence-electron chi connectivity index (χ3n) is 3.87. The van der Waals surface area contributed by atoms with Gasteiger partial charge < -0.3 is 10.5 Å². The summed E-state index contributed by atoms with van der Waals surface area (Å²) >= 11 is 0. The molecule has 3 heteroatoms. The maximum Gasteiger partial charge on any atom is 0.0850 e. The van der Waals surface area contributed by atoms with Crippen molar-refractivity contribution in [1.82, 2.24) is 4.90 Å². The van der Waals surface area contributed by atoms with Crippen LogP contribution in [0.5, 0.6) is 0 Å². The average molecular weight is 248 g/mol. The maximum absolute atomic E-state index is 5.93. The monoisotopic (exact) mass is 248 g/mol. The van der Waals surface area contributed by atoms with Gasteiger partial charge in [0.15, 0.2) is 0 Å².